The molecule has 0 bridgehead atoms. The van der Waals surface area contributed by atoms with Crippen LogP contribution in [0, 0.1) is 5.41 Å². The third kappa shape index (κ3) is 9.32. The predicted molar refractivity (Wildman–Crippen MR) is 73.3 cm³/mol. The molecule has 0 aliphatic heterocycles. The monoisotopic (exact) mass is 288 g/mol. The molecule has 0 aliphatic carbocycles. The van der Waals surface area contributed by atoms with Crippen LogP contribution in [0.3, 0.4) is 0 Å². The Labute approximate surface area is 119 Å². The zero-order chi connectivity index (χ0) is 15.8. The maximum atomic E-state index is 11.7. The molecule has 1 atom stereocenters. The fourth-order valence-electron chi connectivity index (χ4n) is 1.70. The number of carboxylic acid groups (broad SMARTS) is 1. The molecule has 0 aromatic heterocycles. The number of nitrogens with one attached hydrogen (secondary N) is 2. The van der Waals surface area contributed by atoms with Gasteiger partial charge in [-0.3, -0.25) is 14.9 Å². The molecule has 7 nitrogen and oxygen atoms in total. The minimum atomic E-state index is -0.972. The summed E-state index contributed by atoms with van der Waals surface area (Å²) in [7, 11) is 1.57. The fourth-order valence-corrected chi connectivity index (χ4v) is 1.70. The van der Waals surface area contributed by atoms with Crippen LogP contribution in [0.1, 0.15) is 40.0 Å². The summed E-state index contributed by atoms with van der Waals surface area (Å²) in [4.78, 5) is 33.8. The third-order valence-electron chi connectivity index (χ3n) is 2.65. The van der Waals surface area contributed by atoms with Crippen LogP contribution in [-0.4, -0.2) is 42.8 Å². The van der Waals surface area contributed by atoms with Crippen LogP contribution in [0.4, 0.5) is 4.79 Å². The average Bonchev–Trinajstić information content (AvgIpc) is 2.22. The van der Waals surface area contributed by atoms with Crippen LogP contribution < -0.4 is 10.6 Å². The average molecular weight is 288 g/mol. The predicted octanol–water partition coefficient (Wildman–Crippen LogP) is 1.13. The normalized spacial score (nSPS) is 12.6. The van der Waals surface area contributed by atoms with Gasteiger partial charge in [0.05, 0.1) is 6.42 Å². The van der Waals surface area contributed by atoms with Crippen molar-refractivity contribution in [2.24, 2.45) is 5.41 Å². The van der Waals surface area contributed by atoms with Crippen molar-refractivity contribution in [3.8, 4) is 0 Å². The number of carbonyl (C=O) groups excluding carboxylic acids is 2. The molecule has 0 fully saturated rings. The summed E-state index contributed by atoms with van der Waals surface area (Å²) >= 11 is 0. The van der Waals surface area contributed by atoms with Crippen molar-refractivity contribution in [3.05, 3.63) is 0 Å². The lowest BCUT2D eigenvalue weighted by atomic mass is 9.85. The minimum absolute atomic E-state index is 0.0286. The summed E-state index contributed by atoms with van der Waals surface area (Å²) in [6.07, 6.45) is 0.480. The van der Waals surface area contributed by atoms with Gasteiger partial charge in [-0.2, -0.15) is 0 Å². The number of imide groups is 1. The van der Waals surface area contributed by atoms with E-state index >= 15 is 0 Å². The number of hydrogen-bond acceptors (Lipinski definition) is 4. The van der Waals surface area contributed by atoms with E-state index in [9.17, 15) is 14.4 Å². The first-order valence-electron chi connectivity index (χ1n) is 6.47. The highest BCUT2D eigenvalue weighted by Gasteiger charge is 2.26. The molecule has 0 aliphatic rings. The van der Waals surface area contributed by atoms with Crippen molar-refractivity contribution in [1.29, 1.82) is 0 Å². The molecule has 3 amide bonds. The molecule has 0 aromatic rings. The Kier molecular flexibility index (Phi) is 7.83. The first-order valence-corrected chi connectivity index (χ1v) is 6.47. The van der Waals surface area contributed by atoms with Gasteiger partial charge in [-0.15, -0.1) is 0 Å². The van der Waals surface area contributed by atoms with Crippen LogP contribution in [0.5, 0.6) is 0 Å². The molecule has 116 valence electrons. The molecule has 0 heterocycles. The number of aliphatic carboxylic acids is 1. The van der Waals surface area contributed by atoms with E-state index in [0.29, 0.717) is 13.0 Å². The highest BCUT2D eigenvalue weighted by molar-refractivity contribution is 5.94. The Morgan fingerprint density at radius 1 is 1.25 bits per heavy atom. The Hall–Kier alpha value is -1.63. The minimum Gasteiger partial charge on any atom is -0.481 e. The summed E-state index contributed by atoms with van der Waals surface area (Å²) in [5, 5.41) is 13.5. The van der Waals surface area contributed by atoms with Gasteiger partial charge in [0.1, 0.15) is 0 Å². The topological polar surface area (TPSA) is 105 Å². The molecule has 7 heteroatoms. The second-order valence-electron chi connectivity index (χ2n) is 5.62. The Balaban J connectivity index is 4.13. The second kappa shape index (κ2) is 8.52. The fraction of sp³-hybridized carbons (Fsp3) is 0.769. The smallest absolute Gasteiger partial charge is 0.321 e. The van der Waals surface area contributed by atoms with Crippen molar-refractivity contribution < 1.29 is 24.2 Å². The van der Waals surface area contributed by atoms with E-state index in [2.05, 4.69) is 10.6 Å². The second-order valence-corrected chi connectivity index (χ2v) is 5.62. The van der Waals surface area contributed by atoms with E-state index in [0.717, 1.165) is 0 Å². The van der Waals surface area contributed by atoms with Gasteiger partial charge in [0.2, 0.25) is 5.91 Å². The van der Waals surface area contributed by atoms with Crippen molar-refractivity contribution >= 4 is 17.9 Å². The van der Waals surface area contributed by atoms with Crippen LogP contribution in [-0.2, 0) is 14.3 Å². The molecule has 0 spiro atoms. The van der Waals surface area contributed by atoms with Gasteiger partial charge in [-0.05, 0) is 18.8 Å². The van der Waals surface area contributed by atoms with Crippen molar-refractivity contribution in [1.82, 2.24) is 10.6 Å². The molecule has 1 unspecified atom stereocenters. The van der Waals surface area contributed by atoms with E-state index in [1.807, 2.05) is 0 Å². The molecular formula is C13H24N2O5. The zero-order valence-corrected chi connectivity index (χ0v) is 12.5. The first-order chi connectivity index (χ1) is 9.16. The Morgan fingerprint density at radius 3 is 2.35 bits per heavy atom. The number of hydrogen-bond donors (Lipinski definition) is 3. The Morgan fingerprint density at radius 2 is 1.85 bits per heavy atom. The number of rotatable bonds is 8. The van der Waals surface area contributed by atoms with Gasteiger partial charge in [0.15, 0.2) is 0 Å². The lowest BCUT2D eigenvalue weighted by Gasteiger charge is -2.21. The lowest BCUT2D eigenvalue weighted by Crippen LogP contribution is -2.44. The quantitative estimate of drug-likeness (QED) is 0.621. The van der Waals surface area contributed by atoms with Gasteiger partial charge >= 0.3 is 12.0 Å². The molecule has 0 radical (unpaired) electrons. The Bertz CT molecular complexity index is 355. The number of urea groups is 1. The molecule has 0 saturated heterocycles. The van der Waals surface area contributed by atoms with Crippen molar-refractivity contribution in [2.75, 3.05) is 13.7 Å². The molecule has 0 rings (SSSR count). The number of amides is 3. The third-order valence-corrected chi connectivity index (χ3v) is 2.65. The molecule has 0 saturated carbocycles. The molecule has 20 heavy (non-hydrogen) atoms. The molecule has 0 aromatic carbocycles. The van der Waals surface area contributed by atoms with Gasteiger partial charge < -0.3 is 15.2 Å². The highest BCUT2D eigenvalue weighted by atomic mass is 16.5. The summed E-state index contributed by atoms with van der Waals surface area (Å²) < 4.78 is 4.88. The number of ether oxygens (including phenoxy) is 1. The number of methoxy groups -OCH3 is 1. The summed E-state index contributed by atoms with van der Waals surface area (Å²) in [5.74, 6) is -1.46. The van der Waals surface area contributed by atoms with E-state index in [1.54, 1.807) is 27.9 Å². The maximum absolute atomic E-state index is 11.7. The summed E-state index contributed by atoms with van der Waals surface area (Å²) in [5.41, 5.74) is -0.697. The van der Waals surface area contributed by atoms with Crippen LogP contribution in [0.2, 0.25) is 0 Å². The van der Waals surface area contributed by atoms with Crippen molar-refractivity contribution in [2.45, 2.75) is 46.1 Å². The summed E-state index contributed by atoms with van der Waals surface area (Å²) in [6, 6.07) is -0.695. The van der Waals surface area contributed by atoms with Crippen LogP contribution in [0.15, 0.2) is 0 Å². The maximum Gasteiger partial charge on any atom is 0.321 e. The van der Waals surface area contributed by atoms with Gasteiger partial charge in [0, 0.05) is 26.2 Å². The number of carbonyl (C=O) groups is 3. The molecule has 3 N–H and O–H groups in total. The van der Waals surface area contributed by atoms with E-state index in [1.165, 1.54) is 0 Å². The first kappa shape index (κ1) is 18.4. The van der Waals surface area contributed by atoms with Gasteiger partial charge in [-0.25, -0.2) is 4.79 Å². The largest absolute Gasteiger partial charge is 0.481 e. The van der Waals surface area contributed by atoms with Crippen LogP contribution in [0.25, 0.3) is 0 Å². The van der Waals surface area contributed by atoms with Gasteiger partial charge in [0.25, 0.3) is 0 Å². The van der Waals surface area contributed by atoms with Crippen molar-refractivity contribution in [3.63, 3.8) is 0 Å². The number of carboxylic acids is 1. The van der Waals surface area contributed by atoms with E-state index < -0.39 is 23.3 Å². The van der Waals surface area contributed by atoms with Crippen LogP contribution >= 0.6 is 0 Å². The highest BCUT2D eigenvalue weighted by Crippen LogP contribution is 2.24. The van der Waals surface area contributed by atoms with E-state index in [4.69, 9.17) is 9.84 Å². The van der Waals surface area contributed by atoms with E-state index in [-0.39, 0.29) is 18.9 Å². The summed E-state index contributed by atoms with van der Waals surface area (Å²) in [6.45, 7) is 5.65. The standard InChI is InChI=1S/C13H24N2O5/c1-9(5-6-20-4)14-12(19)15-10(16)7-13(2,3)8-11(17)18/h9H,5-8H2,1-4H3,(H,17,18)(H2,14,15,16,19). The molecular weight excluding hydrogens is 264 g/mol. The van der Waals surface area contributed by atoms with Gasteiger partial charge in [-0.1, -0.05) is 13.8 Å². The zero-order valence-electron chi connectivity index (χ0n) is 12.5. The lowest BCUT2D eigenvalue weighted by molar-refractivity contribution is -0.139. The SMILES string of the molecule is COCCC(C)NC(=O)NC(=O)CC(C)(C)CC(=O)O.